The van der Waals surface area contributed by atoms with Crippen molar-refractivity contribution in [3.8, 4) is 0 Å². The number of carbonyl (C=O) groups excluding carboxylic acids is 2. The van der Waals surface area contributed by atoms with Crippen LogP contribution in [0.5, 0.6) is 0 Å². The highest BCUT2D eigenvalue weighted by molar-refractivity contribution is 5.87. The third-order valence-corrected chi connectivity index (χ3v) is 7.00. The van der Waals surface area contributed by atoms with Crippen LogP contribution in [0.25, 0.3) is 0 Å². The average molecular weight is 554 g/mol. The number of esters is 2. The largest absolute Gasteiger partial charge is 0.462 e. The second-order valence-corrected chi connectivity index (χ2v) is 11.3. The van der Waals surface area contributed by atoms with Crippen molar-refractivity contribution < 1.29 is 19.1 Å². The fourth-order valence-corrected chi connectivity index (χ4v) is 4.48. The van der Waals surface area contributed by atoms with Crippen molar-refractivity contribution >= 4 is 29.0 Å². The molecule has 0 fully saturated rings. The first-order valence-corrected chi connectivity index (χ1v) is 14.1. The number of hydrogen-bond donors (Lipinski definition) is 0. The fraction of sp³-hybridized carbons (Fsp3) is 0.333. The summed E-state index contributed by atoms with van der Waals surface area (Å²) in [5, 5.41) is 0. The van der Waals surface area contributed by atoms with Crippen molar-refractivity contribution in [3.63, 3.8) is 0 Å². The number of nitrogens with zero attached hydrogens (tertiary/aromatic N) is 1. The molecule has 5 heteroatoms. The minimum Gasteiger partial charge on any atom is -0.462 e. The Morgan fingerprint density at radius 3 is 1.41 bits per heavy atom. The minimum atomic E-state index is -0.345. The molecular formula is C36H43NO4. The number of rotatable bonds is 13. The predicted octanol–water partition coefficient (Wildman–Crippen LogP) is 8.37. The van der Waals surface area contributed by atoms with Crippen LogP contribution >= 0.6 is 0 Å². The van der Waals surface area contributed by atoms with Gasteiger partial charge in [-0.25, -0.2) is 9.59 Å². The molecule has 0 aromatic heterocycles. The van der Waals surface area contributed by atoms with E-state index in [-0.39, 0.29) is 23.8 Å². The van der Waals surface area contributed by atoms with E-state index in [0.29, 0.717) is 24.4 Å². The van der Waals surface area contributed by atoms with Gasteiger partial charge in [0.25, 0.3) is 0 Å². The Kier molecular flexibility index (Phi) is 11.1. The summed E-state index contributed by atoms with van der Waals surface area (Å²) in [5.41, 5.74) is 8.90. The van der Waals surface area contributed by atoms with Crippen molar-refractivity contribution in [2.24, 2.45) is 11.8 Å². The van der Waals surface area contributed by atoms with Gasteiger partial charge in [-0.15, -0.1) is 0 Å². The summed E-state index contributed by atoms with van der Waals surface area (Å²) >= 11 is 0. The lowest BCUT2D eigenvalue weighted by Crippen LogP contribution is -2.14. The number of carbonyl (C=O) groups is 2. The predicted molar refractivity (Wildman–Crippen MR) is 168 cm³/mol. The first-order valence-electron chi connectivity index (χ1n) is 14.1. The summed E-state index contributed by atoms with van der Waals surface area (Å²) in [4.78, 5) is 25.7. The summed E-state index contributed by atoms with van der Waals surface area (Å²) in [5.74, 6) is -0.302. The maximum atomic E-state index is 11.7. The molecule has 0 saturated heterocycles. The van der Waals surface area contributed by atoms with Gasteiger partial charge in [0.15, 0.2) is 0 Å². The molecule has 216 valence electrons. The molecule has 0 saturated carbocycles. The monoisotopic (exact) mass is 553 g/mol. The van der Waals surface area contributed by atoms with Crippen molar-refractivity contribution in [2.45, 2.75) is 54.4 Å². The van der Waals surface area contributed by atoms with Crippen molar-refractivity contribution in [1.82, 2.24) is 0 Å². The quantitative estimate of drug-likeness (QED) is 0.157. The first kappa shape index (κ1) is 31.4. The highest BCUT2D eigenvalue weighted by Crippen LogP contribution is 2.36. The molecule has 0 aliphatic carbocycles. The summed E-state index contributed by atoms with van der Waals surface area (Å²) < 4.78 is 10.7. The molecule has 0 amide bonds. The van der Waals surface area contributed by atoms with Crippen molar-refractivity contribution in [3.05, 3.63) is 113 Å². The van der Waals surface area contributed by atoms with Crippen LogP contribution in [0.1, 0.15) is 49.9 Å². The van der Waals surface area contributed by atoms with E-state index in [9.17, 15) is 9.59 Å². The van der Waals surface area contributed by atoms with Crippen molar-refractivity contribution in [1.29, 1.82) is 0 Å². The van der Waals surface area contributed by atoms with Crippen LogP contribution in [0, 0.1) is 25.7 Å². The molecule has 0 aliphatic rings. The van der Waals surface area contributed by atoms with Crippen LogP contribution in [0.15, 0.2) is 91.0 Å². The zero-order valence-electron chi connectivity index (χ0n) is 25.3. The van der Waals surface area contributed by atoms with Gasteiger partial charge in [-0.05, 0) is 111 Å². The van der Waals surface area contributed by atoms with E-state index < -0.39 is 0 Å². The third-order valence-electron chi connectivity index (χ3n) is 7.00. The van der Waals surface area contributed by atoms with Gasteiger partial charge < -0.3 is 14.4 Å². The van der Waals surface area contributed by atoms with Gasteiger partial charge >= 0.3 is 11.9 Å². The number of anilines is 3. The molecular weight excluding hydrogens is 510 g/mol. The van der Waals surface area contributed by atoms with E-state index in [1.165, 1.54) is 22.3 Å². The first-order chi connectivity index (χ1) is 19.4. The van der Waals surface area contributed by atoms with E-state index in [1.54, 1.807) is 13.8 Å². The Bertz CT molecular complexity index is 1290. The van der Waals surface area contributed by atoms with Gasteiger partial charge in [-0.3, -0.25) is 0 Å². The van der Waals surface area contributed by atoms with Crippen LogP contribution in [0.3, 0.4) is 0 Å². The molecule has 0 spiro atoms. The maximum Gasteiger partial charge on any atom is 0.333 e. The number of benzene rings is 3. The molecule has 0 bridgehead atoms. The normalized spacial score (nSPS) is 12.2. The Balaban J connectivity index is 1.78. The van der Waals surface area contributed by atoms with Crippen LogP contribution in [0.2, 0.25) is 0 Å². The third kappa shape index (κ3) is 9.21. The van der Waals surface area contributed by atoms with Crippen molar-refractivity contribution in [2.75, 3.05) is 18.1 Å². The molecule has 0 heterocycles. The zero-order chi connectivity index (χ0) is 30.1. The van der Waals surface area contributed by atoms with Gasteiger partial charge in [-0.2, -0.15) is 0 Å². The Morgan fingerprint density at radius 1 is 0.659 bits per heavy atom. The summed E-state index contributed by atoms with van der Waals surface area (Å²) in [7, 11) is 0. The van der Waals surface area contributed by atoms with Crippen LogP contribution < -0.4 is 4.90 Å². The molecule has 0 N–H and O–H groups in total. The standard InChI is InChI=1S/C36H43NO4/c1-24(2)35(38)40-22-26(5)19-30-10-15-32(16-11-30)37(34-14-9-28(7)29(8)21-34)33-17-12-31(13-18-33)20-27(6)23-41-36(39)25(3)4/h9-18,21,26-27H,1,3,19-20,22-23H2,2,4-8H3. The topological polar surface area (TPSA) is 55.8 Å². The van der Waals surface area contributed by atoms with Gasteiger partial charge in [0, 0.05) is 28.2 Å². The Hall–Kier alpha value is -4.12. The van der Waals surface area contributed by atoms with Gasteiger partial charge in [0.05, 0.1) is 13.2 Å². The molecule has 2 atom stereocenters. The summed E-state index contributed by atoms with van der Waals surface area (Å²) in [6.07, 6.45) is 1.61. The molecule has 0 aliphatic heterocycles. The highest BCUT2D eigenvalue weighted by atomic mass is 16.5. The fourth-order valence-electron chi connectivity index (χ4n) is 4.48. The Morgan fingerprint density at radius 2 is 1.05 bits per heavy atom. The molecule has 3 aromatic rings. The lowest BCUT2D eigenvalue weighted by atomic mass is 10.0. The molecule has 0 radical (unpaired) electrons. The molecule has 5 nitrogen and oxygen atoms in total. The average Bonchev–Trinajstić information content (AvgIpc) is 2.94. The van der Waals surface area contributed by atoms with E-state index in [1.807, 2.05) is 0 Å². The lowest BCUT2D eigenvalue weighted by molar-refractivity contribution is -0.140. The SMILES string of the molecule is C=C(C)C(=O)OCC(C)Cc1ccc(N(c2ccc(CC(C)COC(=O)C(=C)C)cc2)c2ccc(C)c(C)c2)cc1. The maximum absolute atomic E-state index is 11.7. The second kappa shape index (κ2) is 14.5. The van der Waals surface area contributed by atoms with Gasteiger partial charge in [0.2, 0.25) is 0 Å². The molecule has 41 heavy (non-hydrogen) atoms. The van der Waals surface area contributed by atoms with E-state index in [4.69, 9.17) is 9.47 Å². The lowest BCUT2D eigenvalue weighted by Gasteiger charge is -2.27. The zero-order valence-corrected chi connectivity index (χ0v) is 25.3. The van der Waals surface area contributed by atoms with E-state index >= 15 is 0 Å². The van der Waals surface area contributed by atoms with E-state index in [2.05, 4.69) is 112 Å². The molecule has 2 unspecified atom stereocenters. The second-order valence-electron chi connectivity index (χ2n) is 11.3. The summed E-state index contributed by atoms with van der Waals surface area (Å²) in [6, 6.07) is 23.7. The Labute approximate surface area is 245 Å². The minimum absolute atomic E-state index is 0.194. The van der Waals surface area contributed by atoms with Crippen LogP contribution in [-0.2, 0) is 31.9 Å². The molecule has 3 rings (SSSR count). The number of hydrogen-bond acceptors (Lipinski definition) is 5. The van der Waals surface area contributed by atoms with E-state index in [0.717, 1.165) is 29.9 Å². The summed E-state index contributed by atoms with van der Waals surface area (Å²) in [6.45, 7) is 19.7. The van der Waals surface area contributed by atoms with Gasteiger partial charge in [0.1, 0.15) is 0 Å². The van der Waals surface area contributed by atoms with Gasteiger partial charge in [-0.1, -0.05) is 57.3 Å². The smallest absolute Gasteiger partial charge is 0.333 e. The molecule has 3 aromatic carbocycles. The number of ether oxygens (including phenoxy) is 2. The van der Waals surface area contributed by atoms with Crippen LogP contribution in [-0.4, -0.2) is 25.2 Å². The van der Waals surface area contributed by atoms with Crippen LogP contribution in [0.4, 0.5) is 17.1 Å². The highest BCUT2D eigenvalue weighted by Gasteiger charge is 2.15. The number of aryl methyl sites for hydroxylation is 2.